The van der Waals surface area contributed by atoms with Crippen molar-refractivity contribution in [3.63, 3.8) is 0 Å². The lowest BCUT2D eigenvalue weighted by atomic mass is 9.88. The van der Waals surface area contributed by atoms with E-state index in [1.807, 2.05) is 0 Å². The van der Waals surface area contributed by atoms with Crippen molar-refractivity contribution in [2.45, 2.75) is 44.7 Å². The second-order valence-electron chi connectivity index (χ2n) is 4.91. The number of hydrogen-bond acceptors (Lipinski definition) is 2. The maximum absolute atomic E-state index is 6.25. The lowest BCUT2D eigenvalue weighted by Gasteiger charge is -2.28. The summed E-state index contributed by atoms with van der Waals surface area (Å²) in [4.78, 5) is 4.55. The summed E-state index contributed by atoms with van der Waals surface area (Å²) in [5.41, 5.74) is 7.56. The van der Waals surface area contributed by atoms with Crippen LogP contribution in [-0.4, -0.2) is 15.1 Å². The van der Waals surface area contributed by atoms with Gasteiger partial charge in [-0.05, 0) is 32.1 Å². The molecule has 1 aromatic rings. The molecule has 2 heterocycles. The standard InChI is InChI=1S/C11H17N3/c1-8-7-14-5-2-9(6-10(14)13-8)11(12)3-4-11/h7,9H,2-6,12H2,1H3. The Labute approximate surface area is 84.3 Å². The van der Waals surface area contributed by atoms with E-state index >= 15 is 0 Å². The highest BCUT2D eigenvalue weighted by Gasteiger charge is 2.46. The Bertz CT molecular complexity index is 363. The minimum Gasteiger partial charge on any atom is -0.335 e. The van der Waals surface area contributed by atoms with Crippen LogP contribution in [0.2, 0.25) is 0 Å². The second-order valence-corrected chi connectivity index (χ2v) is 4.91. The average Bonchev–Trinajstić information content (AvgIpc) is 2.79. The normalized spacial score (nSPS) is 28.6. The molecule has 1 aliphatic carbocycles. The Morgan fingerprint density at radius 3 is 3.07 bits per heavy atom. The molecular formula is C11H17N3. The Hall–Kier alpha value is -0.830. The zero-order valence-electron chi connectivity index (χ0n) is 8.66. The smallest absolute Gasteiger partial charge is 0.109 e. The van der Waals surface area contributed by atoms with E-state index in [0.29, 0.717) is 5.92 Å². The number of fused-ring (bicyclic) bond motifs is 1. The third-order valence-electron chi connectivity index (χ3n) is 3.77. The summed E-state index contributed by atoms with van der Waals surface area (Å²) in [5, 5.41) is 0. The molecule has 0 aromatic carbocycles. The van der Waals surface area contributed by atoms with E-state index in [2.05, 4.69) is 22.7 Å². The Morgan fingerprint density at radius 2 is 2.36 bits per heavy atom. The molecule has 2 aliphatic rings. The molecule has 14 heavy (non-hydrogen) atoms. The molecular weight excluding hydrogens is 174 g/mol. The summed E-state index contributed by atoms with van der Waals surface area (Å²) in [6.45, 7) is 3.18. The lowest BCUT2D eigenvalue weighted by molar-refractivity contribution is 0.311. The van der Waals surface area contributed by atoms with Crippen LogP contribution in [0, 0.1) is 12.8 Å². The van der Waals surface area contributed by atoms with E-state index in [-0.39, 0.29) is 5.54 Å². The van der Waals surface area contributed by atoms with Crippen LogP contribution >= 0.6 is 0 Å². The van der Waals surface area contributed by atoms with E-state index < -0.39 is 0 Å². The van der Waals surface area contributed by atoms with Crippen LogP contribution in [0.4, 0.5) is 0 Å². The van der Waals surface area contributed by atoms with Gasteiger partial charge in [-0.1, -0.05) is 0 Å². The van der Waals surface area contributed by atoms with Gasteiger partial charge in [-0.2, -0.15) is 0 Å². The molecule has 1 saturated carbocycles. The number of nitrogens with two attached hydrogens (primary N) is 1. The predicted molar refractivity (Wildman–Crippen MR) is 54.9 cm³/mol. The summed E-state index contributed by atoms with van der Waals surface area (Å²) < 4.78 is 2.29. The van der Waals surface area contributed by atoms with Crippen LogP contribution in [0.25, 0.3) is 0 Å². The highest BCUT2D eigenvalue weighted by Crippen LogP contribution is 2.44. The second kappa shape index (κ2) is 2.60. The highest BCUT2D eigenvalue weighted by atomic mass is 15.1. The average molecular weight is 191 g/mol. The van der Waals surface area contributed by atoms with Crippen LogP contribution in [0.3, 0.4) is 0 Å². The van der Waals surface area contributed by atoms with Gasteiger partial charge >= 0.3 is 0 Å². The zero-order valence-corrected chi connectivity index (χ0v) is 8.66. The van der Waals surface area contributed by atoms with E-state index in [4.69, 9.17) is 5.73 Å². The van der Waals surface area contributed by atoms with Gasteiger partial charge in [0, 0.05) is 24.7 Å². The molecule has 0 amide bonds. The molecule has 1 atom stereocenters. The van der Waals surface area contributed by atoms with Crippen molar-refractivity contribution >= 4 is 0 Å². The molecule has 1 aliphatic heterocycles. The van der Waals surface area contributed by atoms with Crippen molar-refractivity contribution in [2.24, 2.45) is 11.7 Å². The fraction of sp³-hybridized carbons (Fsp3) is 0.727. The summed E-state index contributed by atoms with van der Waals surface area (Å²) in [6, 6.07) is 0. The topological polar surface area (TPSA) is 43.8 Å². The molecule has 0 spiro atoms. The minimum absolute atomic E-state index is 0.172. The molecule has 3 nitrogen and oxygen atoms in total. The summed E-state index contributed by atoms with van der Waals surface area (Å²) in [7, 11) is 0. The molecule has 0 saturated heterocycles. The highest BCUT2D eigenvalue weighted by molar-refractivity contribution is 5.12. The summed E-state index contributed by atoms with van der Waals surface area (Å²) >= 11 is 0. The maximum atomic E-state index is 6.25. The molecule has 76 valence electrons. The third-order valence-corrected chi connectivity index (χ3v) is 3.77. The van der Waals surface area contributed by atoms with Gasteiger partial charge in [0.25, 0.3) is 0 Å². The van der Waals surface area contributed by atoms with Gasteiger partial charge in [0.2, 0.25) is 0 Å². The first-order chi connectivity index (χ1) is 6.67. The summed E-state index contributed by atoms with van der Waals surface area (Å²) in [6.07, 6.45) is 6.92. The first-order valence-corrected chi connectivity index (χ1v) is 5.49. The number of aromatic nitrogens is 2. The molecule has 1 aromatic heterocycles. The molecule has 0 bridgehead atoms. The lowest BCUT2D eigenvalue weighted by Crippen LogP contribution is -2.37. The van der Waals surface area contributed by atoms with Crippen molar-refractivity contribution < 1.29 is 0 Å². The van der Waals surface area contributed by atoms with E-state index in [1.165, 1.54) is 25.1 Å². The van der Waals surface area contributed by atoms with Gasteiger partial charge < -0.3 is 10.3 Å². The number of nitrogens with zero attached hydrogens (tertiary/aromatic N) is 2. The van der Waals surface area contributed by atoms with Gasteiger partial charge in [-0.25, -0.2) is 4.98 Å². The fourth-order valence-electron chi connectivity index (χ4n) is 2.61. The Kier molecular flexibility index (Phi) is 1.57. The van der Waals surface area contributed by atoms with Crippen LogP contribution < -0.4 is 5.73 Å². The van der Waals surface area contributed by atoms with Crippen molar-refractivity contribution in [1.82, 2.24) is 9.55 Å². The van der Waals surface area contributed by atoms with Crippen LogP contribution in [0.1, 0.15) is 30.8 Å². The summed E-state index contributed by atoms with van der Waals surface area (Å²) in [5.74, 6) is 1.92. The quantitative estimate of drug-likeness (QED) is 0.726. The largest absolute Gasteiger partial charge is 0.335 e. The van der Waals surface area contributed by atoms with Crippen LogP contribution in [0.5, 0.6) is 0 Å². The monoisotopic (exact) mass is 191 g/mol. The van der Waals surface area contributed by atoms with Gasteiger partial charge in [0.15, 0.2) is 0 Å². The predicted octanol–water partition coefficient (Wildman–Crippen LogP) is 1.25. The number of aryl methyl sites for hydroxylation is 2. The maximum Gasteiger partial charge on any atom is 0.109 e. The van der Waals surface area contributed by atoms with Gasteiger partial charge in [0.05, 0.1) is 5.69 Å². The number of rotatable bonds is 1. The fourth-order valence-corrected chi connectivity index (χ4v) is 2.61. The van der Waals surface area contributed by atoms with Crippen LogP contribution in [0.15, 0.2) is 6.20 Å². The van der Waals surface area contributed by atoms with Gasteiger partial charge in [-0.15, -0.1) is 0 Å². The van der Waals surface area contributed by atoms with E-state index in [1.54, 1.807) is 0 Å². The molecule has 1 fully saturated rings. The minimum atomic E-state index is 0.172. The molecule has 2 N–H and O–H groups in total. The van der Waals surface area contributed by atoms with Crippen molar-refractivity contribution in [3.05, 3.63) is 17.7 Å². The Balaban J connectivity index is 1.86. The molecule has 1 unspecified atom stereocenters. The Morgan fingerprint density at radius 1 is 1.57 bits per heavy atom. The van der Waals surface area contributed by atoms with Crippen LogP contribution in [-0.2, 0) is 13.0 Å². The van der Waals surface area contributed by atoms with Gasteiger partial charge in [-0.3, -0.25) is 0 Å². The van der Waals surface area contributed by atoms with Crippen molar-refractivity contribution in [2.75, 3.05) is 0 Å². The van der Waals surface area contributed by atoms with Gasteiger partial charge in [0.1, 0.15) is 5.82 Å². The van der Waals surface area contributed by atoms with E-state index in [9.17, 15) is 0 Å². The third kappa shape index (κ3) is 1.19. The molecule has 3 rings (SSSR count). The molecule has 3 heteroatoms. The molecule has 0 radical (unpaired) electrons. The van der Waals surface area contributed by atoms with Crippen molar-refractivity contribution in [3.8, 4) is 0 Å². The van der Waals surface area contributed by atoms with E-state index in [0.717, 1.165) is 18.7 Å². The first-order valence-electron chi connectivity index (χ1n) is 5.49. The zero-order chi connectivity index (χ0) is 9.76. The SMILES string of the molecule is Cc1cn2c(n1)CC(C1(N)CC1)CC2. The number of hydrogen-bond donors (Lipinski definition) is 1. The first kappa shape index (κ1) is 8.48. The van der Waals surface area contributed by atoms with Crippen molar-refractivity contribution in [1.29, 1.82) is 0 Å². The number of imidazole rings is 1.